The van der Waals surface area contributed by atoms with Crippen LogP contribution in [0.15, 0.2) is 0 Å². The quantitative estimate of drug-likeness (QED) is 0.362. The van der Waals surface area contributed by atoms with Crippen molar-refractivity contribution >= 4 is 23.4 Å². The minimum atomic E-state index is 0.329. The van der Waals surface area contributed by atoms with Crippen LogP contribution in [0.3, 0.4) is 0 Å². The summed E-state index contributed by atoms with van der Waals surface area (Å²) < 4.78 is 0. The van der Waals surface area contributed by atoms with E-state index in [4.69, 9.17) is 0 Å². The average molecular weight is 241 g/mol. The zero-order valence-corrected chi connectivity index (χ0v) is 11.4. The van der Waals surface area contributed by atoms with E-state index in [0.717, 1.165) is 19.3 Å². The van der Waals surface area contributed by atoms with E-state index in [9.17, 15) is 4.79 Å². The van der Waals surface area contributed by atoms with Crippen LogP contribution in [0.2, 0.25) is 0 Å². The van der Waals surface area contributed by atoms with Crippen molar-refractivity contribution in [1.82, 2.24) is 0 Å². The molecule has 0 saturated carbocycles. The summed E-state index contributed by atoms with van der Waals surface area (Å²) >= 11 is 4.66. The molecule has 1 radical (unpaired) electrons. The first-order chi connectivity index (χ1) is 7.77. The highest BCUT2D eigenvalue weighted by molar-refractivity contribution is 7.78. The van der Waals surface area contributed by atoms with E-state index in [2.05, 4.69) is 17.6 Å². The smallest absolute Gasteiger partial charge is 0.129 e. The number of ketones is 1. The van der Waals surface area contributed by atoms with Gasteiger partial charge in [-0.2, -0.15) is 0 Å². The molecule has 0 N–H and O–H groups in total. The van der Waals surface area contributed by atoms with Gasteiger partial charge in [-0.3, -0.25) is 0 Å². The lowest BCUT2D eigenvalue weighted by molar-refractivity contribution is -0.117. The van der Waals surface area contributed by atoms with Crippen LogP contribution in [0.25, 0.3) is 0 Å². The fraction of sp³-hybridized carbons (Fsp3) is 0.857. The average Bonchev–Trinajstić information content (AvgIpc) is 2.25. The Kier molecular flexibility index (Phi) is 12.6. The van der Waals surface area contributed by atoms with Crippen LogP contribution in [0.4, 0.5) is 0 Å². The Morgan fingerprint density at radius 2 is 1.31 bits per heavy atom. The Morgan fingerprint density at radius 3 is 1.75 bits per heavy atom. The van der Waals surface area contributed by atoms with Crippen LogP contribution in [-0.2, 0) is 4.79 Å². The topological polar surface area (TPSA) is 17.1 Å². The van der Waals surface area contributed by atoms with Crippen molar-refractivity contribution in [2.75, 3.05) is 0 Å². The van der Waals surface area contributed by atoms with E-state index in [1.165, 1.54) is 51.4 Å². The van der Waals surface area contributed by atoms with Gasteiger partial charge in [0.05, 0.1) is 0 Å². The first kappa shape index (κ1) is 15.8. The molecule has 2 heteroatoms. The van der Waals surface area contributed by atoms with Gasteiger partial charge in [-0.25, -0.2) is 0 Å². The van der Waals surface area contributed by atoms with Gasteiger partial charge in [-0.15, -0.1) is 0 Å². The molecule has 0 aliphatic heterocycles. The Labute approximate surface area is 106 Å². The monoisotopic (exact) mass is 241 g/mol. The van der Waals surface area contributed by atoms with Crippen molar-refractivity contribution < 1.29 is 4.79 Å². The Bertz CT molecular complexity index is 178. The molecule has 0 aromatic rings. The number of unbranched alkanes of at least 4 members (excludes halogenated alkanes) is 9. The van der Waals surface area contributed by atoms with Gasteiger partial charge in [0.15, 0.2) is 0 Å². The third-order valence-corrected chi connectivity index (χ3v) is 3.01. The van der Waals surface area contributed by atoms with Crippen molar-refractivity contribution in [1.29, 1.82) is 0 Å². The molecule has 0 unspecified atom stereocenters. The first-order valence-corrected chi connectivity index (χ1v) is 7.02. The molecule has 0 aromatic heterocycles. The molecular formula is C14H25OS. The third kappa shape index (κ3) is 13.8. The highest BCUT2D eigenvalue weighted by Crippen LogP contribution is 2.11. The number of carbonyl (C=O) groups is 1. The molecule has 0 spiro atoms. The minimum absolute atomic E-state index is 0.329. The SMILES string of the molecule is CC(=O)CCCCCCCCCCC[C]=S. The maximum absolute atomic E-state index is 10.7. The summed E-state index contributed by atoms with van der Waals surface area (Å²) in [4.78, 5) is 10.7. The van der Waals surface area contributed by atoms with Gasteiger partial charge in [0.2, 0.25) is 0 Å². The van der Waals surface area contributed by atoms with E-state index in [0.29, 0.717) is 5.78 Å². The van der Waals surface area contributed by atoms with Crippen LogP contribution in [-0.4, -0.2) is 11.2 Å². The van der Waals surface area contributed by atoms with E-state index >= 15 is 0 Å². The van der Waals surface area contributed by atoms with E-state index in [-0.39, 0.29) is 0 Å². The maximum Gasteiger partial charge on any atom is 0.129 e. The molecule has 0 aliphatic rings. The standard InChI is InChI=1S/C14H25OS/c1-14(15)12-10-8-6-4-2-3-5-7-9-11-13-16/h2-12H2,1H3. The summed E-state index contributed by atoms with van der Waals surface area (Å²) in [6.07, 6.45) is 13.2. The summed E-state index contributed by atoms with van der Waals surface area (Å²) in [6, 6.07) is 0. The van der Waals surface area contributed by atoms with Crippen LogP contribution in [0.5, 0.6) is 0 Å². The minimum Gasteiger partial charge on any atom is -0.300 e. The zero-order chi connectivity index (χ0) is 12.1. The molecule has 0 saturated heterocycles. The van der Waals surface area contributed by atoms with Crippen molar-refractivity contribution in [3.05, 3.63) is 0 Å². The number of thiocarbonyl (C=S) groups is 1. The molecular weight excluding hydrogens is 216 g/mol. The van der Waals surface area contributed by atoms with Gasteiger partial charge >= 0.3 is 0 Å². The third-order valence-electron chi connectivity index (χ3n) is 2.81. The number of carbonyl (C=O) groups excluding carboxylic acids is 1. The highest BCUT2D eigenvalue weighted by Gasteiger charge is 1.94. The lowest BCUT2D eigenvalue weighted by Crippen LogP contribution is -1.89. The molecule has 93 valence electrons. The van der Waals surface area contributed by atoms with Gasteiger partial charge in [-0.05, 0) is 26.2 Å². The largest absolute Gasteiger partial charge is 0.300 e. The van der Waals surface area contributed by atoms with Crippen molar-refractivity contribution in [2.24, 2.45) is 0 Å². The maximum atomic E-state index is 10.7. The van der Waals surface area contributed by atoms with Crippen LogP contribution in [0.1, 0.15) is 77.6 Å². The predicted octanol–water partition coefficient (Wildman–Crippen LogP) is 4.74. The molecule has 0 aromatic carbocycles. The fourth-order valence-corrected chi connectivity index (χ4v) is 1.95. The van der Waals surface area contributed by atoms with Gasteiger partial charge in [0.25, 0.3) is 0 Å². The number of hydrogen-bond donors (Lipinski definition) is 0. The lowest BCUT2D eigenvalue weighted by atomic mass is 10.1. The van der Waals surface area contributed by atoms with E-state index in [1.807, 2.05) is 0 Å². The van der Waals surface area contributed by atoms with Crippen molar-refractivity contribution in [3.8, 4) is 0 Å². The molecule has 0 bridgehead atoms. The second kappa shape index (κ2) is 12.8. The summed E-state index contributed by atoms with van der Waals surface area (Å²) in [5.74, 6) is 0.329. The van der Waals surface area contributed by atoms with E-state index in [1.54, 1.807) is 6.92 Å². The molecule has 0 rings (SSSR count). The van der Waals surface area contributed by atoms with Gasteiger partial charge in [0, 0.05) is 11.8 Å². The number of Topliss-reactive ketones (excluding diaryl/α,β-unsaturated/α-hetero) is 1. The normalized spacial score (nSPS) is 10.3. The second-order valence-corrected chi connectivity index (χ2v) is 4.82. The molecule has 0 atom stereocenters. The van der Waals surface area contributed by atoms with Gasteiger partial charge in [0.1, 0.15) is 5.78 Å². The summed E-state index contributed by atoms with van der Waals surface area (Å²) in [5, 5.41) is 2.76. The molecule has 0 amide bonds. The zero-order valence-electron chi connectivity index (χ0n) is 10.6. The fourth-order valence-electron chi connectivity index (χ4n) is 1.81. The molecule has 0 heterocycles. The van der Waals surface area contributed by atoms with Crippen molar-refractivity contribution in [2.45, 2.75) is 77.6 Å². The molecule has 16 heavy (non-hydrogen) atoms. The molecule has 1 nitrogen and oxygen atoms in total. The van der Waals surface area contributed by atoms with Crippen LogP contribution in [0, 0.1) is 0 Å². The Hall–Kier alpha value is -0.240. The summed E-state index contributed by atoms with van der Waals surface area (Å²) in [5.41, 5.74) is 0. The second-order valence-electron chi connectivity index (χ2n) is 4.53. The lowest BCUT2D eigenvalue weighted by Gasteiger charge is -2.01. The molecule has 0 fully saturated rings. The van der Waals surface area contributed by atoms with Crippen LogP contribution >= 0.6 is 12.2 Å². The highest BCUT2D eigenvalue weighted by atomic mass is 32.1. The summed E-state index contributed by atoms with van der Waals surface area (Å²) in [7, 11) is 0. The Morgan fingerprint density at radius 1 is 0.875 bits per heavy atom. The first-order valence-electron chi connectivity index (χ1n) is 6.62. The molecule has 0 aliphatic carbocycles. The van der Waals surface area contributed by atoms with Gasteiger partial charge in [-0.1, -0.05) is 57.2 Å². The number of hydrogen-bond acceptors (Lipinski definition) is 2. The Balaban J connectivity index is 2.93. The predicted molar refractivity (Wildman–Crippen MR) is 74.1 cm³/mol. The van der Waals surface area contributed by atoms with Crippen LogP contribution < -0.4 is 0 Å². The number of rotatable bonds is 12. The van der Waals surface area contributed by atoms with E-state index < -0.39 is 0 Å². The summed E-state index contributed by atoms with van der Waals surface area (Å²) in [6.45, 7) is 1.68. The van der Waals surface area contributed by atoms with Gasteiger partial charge < -0.3 is 4.79 Å². The van der Waals surface area contributed by atoms with Crippen molar-refractivity contribution in [3.63, 3.8) is 0 Å².